The maximum Gasteiger partial charge on any atom is 0.416 e. The van der Waals surface area contributed by atoms with E-state index in [-0.39, 0.29) is 29.6 Å². The number of rotatable bonds is 6. The van der Waals surface area contributed by atoms with E-state index >= 15 is 0 Å². The first-order valence-electron chi connectivity index (χ1n) is 10.7. The van der Waals surface area contributed by atoms with Crippen molar-refractivity contribution in [2.75, 3.05) is 36.5 Å². The van der Waals surface area contributed by atoms with Crippen molar-refractivity contribution in [3.63, 3.8) is 0 Å². The molecule has 2 N–H and O–H groups in total. The highest BCUT2D eigenvalue weighted by Gasteiger charge is 2.30. The third kappa shape index (κ3) is 6.01. The van der Waals surface area contributed by atoms with Crippen LogP contribution in [0.3, 0.4) is 0 Å². The van der Waals surface area contributed by atoms with Gasteiger partial charge in [-0.1, -0.05) is 6.07 Å². The molecular formula is C23H22F4N6O2. The average Bonchev–Trinajstić information content (AvgIpc) is 2.83. The van der Waals surface area contributed by atoms with Gasteiger partial charge in [0.15, 0.2) is 11.6 Å². The number of anilines is 3. The van der Waals surface area contributed by atoms with Gasteiger partial charge in [-0.15, -0.1) is 0 Å². The highest BCUT2D eigenvalue weighted by atomic mass is 19.4. The van der Waals surface area contributed by atoms with Gasteiger partial charge in [-0.3, -0.25) is 4.79 Å². The van der Waals surface area contributed by atoms with Crippen molar-refractivity contribution in [2.24, 2.45) is 0 Å². The molecule has 0 atom stereocenters. The normalized spacial score (nSPS) is 14.0. The molecule has 8 nitrogen and oxygen atoms in total. The van der Waals surface area contributed by atoms with Crippen molar-refractivity contribution in [1.82, 2.24) is 20.3 Å². The second-order valence-electron chi connectivity index (χ2n) is 7.83. The number of nitrogens with one attached hydrogen (secondary N) is 2. The molecular weight excluding hydrogens is 468 g/mol. The number of amides is 1. The molecule has 184 valence electrons. The summed E-state index contributed by atoms with van der Waals surface area (Å²) in [4.78, 5) is 26.7. The fourth-order valence-corrected chi connectivity index (χ4v) is 3.54. The Morgan fingerprint density at radius 3 is 2.60 bits per heavy atom. The molecule has 1 saturated heterocycles. The number of carbonyl (C=O) groups is 1. The molecule has 3 aromatic rings. The number of pyridine rings is 1. The maximum atomic E-state index is 14.2. The summed E-state index contributed by atoms with van der Waals surface area (Å²) < 4.78 is 58.2. The molecule has 4 rings (SSSR count). The lowest BCUT2D eigenvalue weighted by molar-refractivity contribution is -0.137. The van der Waals surface area contributed by atoms with Crippen LogP contribution < -0.4 is 15.5 Å². The van der Waals surface area contributed by atoms with Crippen molar-refractivity contribution < 1.29 is 27.1 Å². The molecule has 1 fully saturated rings. The van der Waals surface area contributed by atoms with Crippen molar-refractivity contribution in [2.45, 2.75) is 19.6 Å². The SMILES string of the molecule is Cc1cc(Nc2cccc(C(F)(F)F)c2)cnc1C(=O)NCc1ncc(F)c(N2CCOCC2)n1. The maximum absolute atomic E-state index is 14.2. The van der Waals surface area contributed by atoms with Crippen LogP contribution in [0.25, 0.3) is 0 Å². The Labute approximate surface area is 198 Å². The van der Waals surface area contributed by atoms with E-state index in [1.54, 1.807) is 17.9 Å². The fraction of sp³-hybridized carbons (Fsp3) is 0.304. The van der Waals surface area contributed by atoms with Crippen molar-refractivity contribution >= 4 is 23.1 Å². The number of morpholine rings is 1. The lowest BCUT2D eigenvalue weighted by atomic mass is 10.1. The Hall–Kier alpha value is -3.80. The largest absolute Gasteiger partial charge is 0.416 e. The van der Waals surface area contributed by atoms with Gasteiger partial charge in [0.05, 0.1) is 43.4 Å². The molecule has 0 radical (unpaired) electrons. The van der Waals surface area contributed by atoms with E-state index in [0.29, 0.717) is 37.6 Å². The zero-order valence-corrected chi connectivity index (χ0v) is 18.7. The summed E-state index contributed by atoms with van der Waals surface area (Å²) in [7, 11) is 0. The minimum atomic E-state index is -4.45. The van der Waals surface area contributed by atoms with Crippen LogP contribution in [-0.4, -0.2) is 47.2 Å². The third-order valence-electron chi connectivity index (χ3n) is 5.27. The predicted molar refractivity (Wildman–Crippen MR) is 120 cm³/mol. The molecule has 0 bridgehead atoms. The first-order valence-corrected chi connectivity index (χ1v) is 10.7. The van der Waals surface area contributed by atoms with Crippen LogP contribution in [0.2, 0.25) is 0 Å². The number of benzene rings is 1. The van der Waals surface area contributed by atoms with E-state index in [1.165, 1.54) is 18.3 Å². The van der Waals surface area contributed by atoms with Gasteiger partial charge in [0.2, 0.25) is 0 Å². The van der Waals surface area contributed by atoms with Crippen LogP contribution in [-0.2, 0) is 17.5 Å². The number of halogens is 4. The van der Waals surface area contributed by atoms with Crippen molar-refractivity contribution in [3.8, 4) is 0 Å². The Morgan fingerprint density at radius 1 is 1.11 bits per heavy atom. The topological polar surface area (TPSA) is 92.3 Å². The van der Waals surface area contributed by atoms with E-state index in [2.05, 4.69) is 25.6 Å². The molecule has 12 heteroatoms. The Kier molecular flexibility index (Phi) is 7.10. The Balaban J connectivity index is 1.41. The highest BCUT2D eigenvalue weighted by Crippen LogP contribution is 2.31. The number of hydrogen-bond donors (Lipinski definition) is 2. The third-order valence-corrected chi connectivity index (χ3v) is 5.27. The summed E-state index contributed by atoms with van der Waals surface area (Å²) >= 11 is 0. The van der Waals surface area contributed by atoms with Crippen LogP contribution >= 0.6 is 0 Å². The molecule has 0 unspecified atom stereocenters. The zero-order chi connectivity index (χ0) is 25.0. The second-order valence-corrected chi connectivity index (χ2v) is 7.83. The molecule has 1 aliphatic heterocycles. The number of hydrogen-bond acceptors (Lipinski definition) is 7. The van der Waals surface area contributed by atoms with E-state index < -0.39 is 23.5 Å². The lowest BCUT2D eigenvalue weighted by Crippen LogP contribution is -2.37. The van der Waals surface area contributed by atoms with E-state index in [4.69, 9.17) is 4.74 Å². The molecule has 1 amide bonds. The molecule has 35 heavy (non-hydrogen) atoms. The van der Waals surface area contributed by atoms with Gasteiger partial charge >= 0.3 is 6.18 Å². The van der Waals surface area contributed by atoms with Gasteiger partial charge < -0.3 is 20.3 Å². The summed E-state index contributed by atoms with van der Waals surface area (Å²) in [6, 6.07) is 6.38. The predicted octanol–water partition coefficient (Wildman–Crippen LogP) is 3.85. The van der Waals surface area contributed by atoms with Crippen LogP contribution in [0, 0.1) is 12.7 Å². The molecule has 1 aliphatic rings. The minimum absolute atomic E-state index is 0.0399. The number of aryl methyl sites for hydroxylation is 1. The molecule has 0 spiro atoms. The number of ether oxygens (including phenoxy) is 1. The van der Waals surface area contributed by atoms with Crippen LogP contribution in [0.4, 0.5) is 34.8 Å². The summed E-state index contributed by atoms with van der Waals surface area (Å²) in [5.41, 5.74) is 0.532. The first-order chi connectivity index (χ1) is 16.7. The van der Waals surface area contributed by atoms with Crippen LogP contribution in [0.5, 0.6) is 0 Å². The monoisotopic (exact) mass is 490 g/mol. The van der Waals surface area contributed by atoms with Crippen LogP contribution in [0.1, 0.15) is 27.4 Å². The first kappa shape index (κ1) is 24.3. The average molecular weight is 490 g/mol. The van der Waals surface area contributed by atoms with E-state index in [9.17, 15) is 22.4 Å². The van der Waals surface area contributed by atoms with Gasteiger partial charge in [0, 0.05) is 18.8 Å². The summed E-state index contributed by atoms with van der Waals surface area (Å²) in [6.07, 6.45) is -2.03. The molecule has 0 saturated carbocycles. The Morgan fingerprint density at radius 2 is 1.89 bits per heavy atom. The van der Waals surface area contributed by atoms with Gasteiger partial charge in [0.1, 0.15) is 11.5 Å². The van der Waals surface area contributed by atoms with Gasteiger partial charge in [-0.05, 0) is 36.8 Å². The lowest BCUT2D eigenvalue weighted by Gasteiger charge is -2.28. The number of alkyl halides is 3. The number of aromatic nitrogens is 3. The van der Waals surface area contributed by atoms with Gasteiger partial charge in [0.25, 0.3) is 5.91 Å². The zero-order valence-electron chi connectivity index (χ0n) is 18.7. The van der Waals surface area contributed by atoms with Gasteiger partial charge in [-0.2, -0.15) is 13.2 Å². The fourth-order valence-electron chi connectivity index (χ4n) is 3.54. The standard InChI is InChI=1S/C23H22F4N6O2/c1-14-9-17(31-16-4-2-3-15(10-16)23(25,26)27)11-29-20(14)22(34)30-13-19-28-12-18(24)21(32-19)33-5-7-35-8-6-33/h2-4,9-12,31H,5-8,13H2,1H3,(H,30,34). The summed E-state index contributed by atoms with van der Waals surface area (Å²) in [6.45, 7) is 3.57. The summed E-state index contributed by atoms with van der Waals surface area (Å²) in [5.74, 6) is -0.647. The number of carbonyl (C=O) groups excluding carboxylic acids is 1. The number of nitrogens with zero attached hydrogens (tertiary/aromatic N) is 4. The quantitative estimate of drug-likeness (QED) is 0.507. The van der Waals surface area contributed by atoms with Crippen LogP contribution in [0.15, 0.2) is 42.7 Å². The van der Waals surface area contributed by atoms with Crippen molar-refractivity contribution in [3.05, 3.63) is 71.2 Å². The molecule has 2 aromatic heterocycles. The second kappa shape index (κ2) is 10.2. The highest BCUT2D eigenvalue weighted by molar-refractivity contribution is 5.93. The van der Waals surface area contributed by atoms with E-state index in [1.807, 2.05) is 0 Å². The molecule has 0 aliphatic carbocycles. The van der Waals surface area contributed by atoms with Gasteiger partial charge in [-0.25, -0.2) is 19.3 Å². The van der Waals surface area contributed by atoms with E-state index in [0.717, 1.165) is 18.3 Å². The van der Waals surface area contributed by atoms with Crippen molar-refractivity contribution in [1.29, 1.82) is 0 Å². The smallest absolute Gasteiger partial charge is 0.378 e. The molecule has 3 heterocycles. The minimum Gasteiger partial charge on any atom is -0.378 e. The summed E-state index contributed by atoms with van der Waals surface area (Å²) in [5, 5.41) is 5.52. The Bertz CT molecular complexity index is 1210. The molecule has 1 aromatic carbocycles.